The molecule has 0 heterocycles. The number of halogens is 2. The molecule has 5 nitrogen and oxygen atoms in total. The highest BCUT2D eigenvalue weighted by atomic mass is 35.5. The third kappa shape index (κ3) is 7.75. The van der Waals surface area contributed by atoms with Crippen LogP contribution in [0.15, 0.2) is 54.6 Å². The summed E-state index contributed by atoms with van der Waals surface area (Å²) in [7, 11) is -1.07. The van der Waals surface area contributed by atoms with Crippen LogP contribution in [0.25, 0.3) is 5.57 Å². The summed E-state index contributed by atoms with van der Waals surface area (Å²) in [6, 6.07) is 10.9. The van der Waals surface area contributed by atoms with Gasteiger partial charge in [-0.3, -0.25) is 4.79 Å². The van der Waals surface area contributed by atoms with Crippen molar-refractivity contribution in [2.75, 3.05) is 12.3 Å². The average Bonchev–Trinajstić information content (AvgIpc) is 2.71. The molecule has 0 fully saturated rings. The summed E-state index contributed by atoms with van der Waals surface area (Å²) in [5, 5.41) is 17.1. The van der Waals surface area contributed by atoms with Crippen molar-refractivity contribution in [1.29, 1.82) is 0 Å². The molecule has 0 radical (unpaired) electrons. The summed E-state index contributed by atoms with van der Waals surface area (Å²) < 4.78 is 0. The zero-order valence-electron chi connectivity index (χ0n) is 17.8. The molecule has 31 heavy (non-hydrogen) atoms. The fraction of sp³-hybridized carbons (Fsp3) is 0.261. The lowest BCUT2D eigenvalue weighted by Crippen LogP contribution is -2.43. The van der Waals surface area contributed by atoms with Gasteiger partial charge < -0.3 is 21.3 Å². The molecular weight excluding hydrogens is 432 g/mol. The third-order valence-corrected chi connectivity index (χ3v) is 5.36. The van der Waals surface area contributed by atoms with Crippen LogP contribution in [0.2, 0.25) is 10.0 Å². The van der Waals surface area contributed by atoms with E-state index in [1.54, 1.807) is 18.2 Å². The molecule has 2 aromatic rings. The fourth-order valence-electron chi connectivity index (χ4n) is 3.18. The van der Waals surface area contributed by atoms with E-state index in [1.165, 1.54) is 0 Å². The highest BCUT2D eigenvalue weighted by Crippen LogP contribution is 2.25. The van der Waals surface area contributed by atoms with Gasteiger partial charge >= 0.3 is 7.05 Å². The standard InChI is InChI=1S/C23H28BCl2N3O2/c1-4-5-18(20-14-19(25)8-6-15(20)2)10-11-28-24(31)16(3)29-23(30)13-17-7-9-21(26)22(27)12-17/h5-9,12,14,28,31H,3-4,10-11,13,27H2,1-2H3,(H,29,30)/b18-5-. The van der Waals surface area contributed by atoms with E-state index in [0.717, 1.165) is 28.7 Å². The number of nitrogens with two attached hydrogens (primary N) is 1. The average molecular weight is 460 g/mol. The number of benzene rings is 2. The topological polar surface area (TPSA) is 87.4 Å². The lowest BCUT2D eigenvalue weighted by Gasteiger charge is -2.15. The van der Waals surface area contributed by atoms with Crippen molar-refractivity contribution in [3.63, 3.8) is 0 Å². The molecule has 0 bridgehead atoms. The van der Waals surface area contributed by atoms with E-state index in [1.807, 2.05) is 25.1 Å². The number of nitrogens with one attached hydrogen (secondary N) is 2. The normalized spacial score (nSPS) is 11.3. The van der Waals surface area contributed by atoms with Crippen molar-refractivity contribution in [2.45, 2.75) is 33.1 Å². The molecule has 0 unspecified atom stereocenters. The zero-order chi connectivity index (χ0) is 23.0. The van der Waals surface area contributed by atoms with Crippen LogP contribution >= 0.6 is 23.2 Å². The van der Waals surface area contributed by atoms with Gasteiger partial charge in [0.1, 0.15) is 0 Å². The Kier molecular flexibility index (Phi) is 9.65. The van der Waals surface area contributed by atoms with Gasteiger partial charge in [0.05, 0.1) is 17.1 Å². The van der Waals surface area contributed by atoms with E-state index >= 15 is 0 Å². The van der Waals surface area contributed by atoms with Crippen molar-refractivity contribution in [3.8, 4) is 0 Å². The molecule has 0 saturated heterocycles. The lowest BCUT2D eigenvalue weighted by atomic mass is 9.79. The van der Waals surface area contributed by atoms with Crippen LogP contribution in [-0.4, -0.2) is 24.5 Å². The molecular formula is C23H28BCl2N3O2. The molecule has 2 rings (SSSR count). The molecule has 0 aliphatic rings. The zero-order valence-corrected chi connectivity index (χ0v) is 19.4. The second-order valence-electron chi connectivity index (χ2n) is 7.31. The molecule has 0 aliphatic carbocycles. The second-order valence-corrected chi connectivity index (χ2v) is 8.15. The van der Waals surface area contributed by atoms with Gasteiger partial charge in [0, 0.05) is 10.6 Å². The van der Waals surface area contributed by atoms with Gasteiger partial charge in [-0.25, -0.2) is 0 Å². The van der Waals surface area contributed by atoms with Gasteiger partial charge in [-0.1, -0.05) is 54.9 Å². The van der Waals surface area contributed by atoms with Crippen LogP contribution < -0.4 is 16.3 Å². The maximum absolute atomic E-state index is 12.2. The van der Waals surface area contributed by atoms with E-state index in [9.17, 15) is 9.82 Å². The quantitative estimate of drug-likeness (QED) is 0.310. The van der Waals surface area contributed by atoms with E-state index in [0.29, 0.717) is 28.7 Å². The molecule has 0 atom stereocenters. The summed E-state index contributed by atoms with van der Waals surface area (Å²) in [5.41, 5.74) is 10.5. The first-order chi connectivity index (χ1) is 14.7. The summed E-state index contributed by atoms with van der Waals surface area (Å²) in [6.45, 7) is 8.39. The molecule has 2 aromatic carbocycles. The maximum atomic E-state index is 12.2. The molecule has 0 saturated carbocycles. The molecule has 5 N–H and O–H groups in total. The van der Waals surface area contributed by atoms with Crippen LogP contribution in [0.1, 0.15) is 36.5 Å². The third-order valence-electron chi connectivity index (χ3n) is 4.78. The number of nitrogen functional groups attached to an aromatic ring is 1. The lowest BCUT2D eigenvalue weighted by molar-refractivity contribution is -0.119. The van der Waals surface area contributed by atoms with Crippen molar-refractivity contribution in [3.05, 3.63) is 81.4 Å². The Morgan fingerprint density at radius 2 is 2.00 bits per heavy atom. The van der Waals surface area contributed by atoms with Crippen molar-refractivity contribution in [1.82, 2.24) is 10.5 Å². The monoisotopic (exact) mass is 459 g/mol. The number of hydrogen-bond acceptors (Lipinski definition) is 4. The largest absolute Gasteiger partial charge is 0.433 e. The molecule has 164 valence electrons. The Balaban J connectivity index is 1.87. The Morgan fingerprint density at radius 3 is 2.68 bits per heavy atom. The fourth-order valence-corrected chi connectivity index (χ4v) is 3.47. The van der Waals surface area contributed by atoms with Gasteiger partial charge in [0.2, 0.25) is 5.91 Å². The van der Waals surface area contributed by atoms with Gasteiger partial charge in [0.15, 0.2) is 0 Å². The second kappa shape index (κ2) is 12.0. The summed E-state index contributed by atoms with van der Waals surface area (Å²) >= 11 is 12.1. The van der Waals surface area contributed by atoms with Crippen LogP contribution in [-0.2, 0) is 11.2 Å². The van der Waals surface area contributed by atoms with Crippen LogP contribution in [0.3, 0.4) is 0 Å². The van der Waals surface area contributed by atoms with Crippen LogP contribution in [0, 0.1) is 6.92 Å². The Labute approximate surface area is 194 Å². The van der Waals surface area contributed by atoms with E-state index in [2.05, 4.69) is 30.1 Å². The first-order valence-electron chi connectivity index (χ1n) is 10.1. The first-order valence-corrected chi connectivity index (χ1v) is 10.9. The van der Waals surface area contributed by atoms with E-state index in [-0.39, 0.29) is 17.9 Å². The smallest absolute Gasteiger partial charge is 0.429 e. The minimum absolute atomic E-state index is 0.102. The predicted molar refractivity (Wildman–Crippen MR) is 132 cm³/mol. The number of hydrogen-bond donors (Lipinski definition) is 4. The molecule has 0 aromatic heterocycles. The van der Waals surface area contributed by atoms with Crippen molar-refractivity contribution < 1.29 is 9.82 Å². The Morgan fingerprint density at radius 1 is 1.26 bits per heavy atom. The van der Waals surface area contributed by atoms with E-state index in [4.69, 9.17) is 28.9 Å². The molecule has 1 amide bonds. The number of carbonyl (C=O) groups excluding carboxylic acids is 1. The minimum atomic E-state index is -1.07. The Hall–Kier alpha value is -2.25. The highest BCUT2D eigenvalue weighted by Gasteiger charge is 2.18. The molecule has 8 heteroatoms. The number of aryl methyl sites for hydroxylation is 1. The van der Waals surface area contributed by atoms with Crippen molar-refractivity contribution >= 4 is 47.4 Å². The van der Waals surface area contributed by atoms with Gasteiger partial charge in [-0.15, -0.1) is 0 Å². The maximum Gasteiger partial charge on any atom is 0.429 e. The van der Waals surface area contributed by atoms with Gasteiger partial charge in [0.25, 0.3) is 0 Å². The Bertz CT molecular complexity index is 979. The summed E-state index contributed by atoms with van der Waals surface area (Å²) in [6.07, 6.45) is 3.84. The van der Waals surface area contributed by atoms with E-state index < -0.39 is 7.05 Å². The van der Waals surface area contributed by atoms with Crippen LogP contribution in [0.4, 0.5) is 5.69 Å². The number of carbonyl (C=O) groups is 1. The summed E-state index contributed by atoms with van der Waals surface area (Å²) in [4.78, 5) is 12.2. The number of rotatable bonds is 10. The minimum Gasteiger partial charge on any atom is -0.433 e. The van der Waals surface area contributed by atoms with Gasteiger partial charge in [-0.2, -0.15) is 0 Å². The van der Waals surface area contributed by atoms with Gasteiger partial charge in [-0.05, 0) is 72.8 Å². The molecule has 0 spiro atoms. The van der Waals surface area contributed by atoms with Crippen LogP contribution in [0.5, 0.6) is 0 Å². The first kappa shape index (κ1) is 25.0. The molecule has 0 aliphatic heterocycles. The summed E-state index contributed by atoms with van der Waals surface area (Å²) in [5.74, 6) is -0.298. The van der Waals surface area contributed by atoms with Crippen molar-refractivity contribution in [2.24, 2.45) is 0 Å². The number of amides is 1. The number of anilines is 1. The SMILES string of the molecule is C=C(NC(=O)Cc1ccc(Cl)c(N)c1)B(O)NCC/C(=C/CC)c1cc(Cl)ccc1C. The highest BCUT2D eigenvalue weighted by molar-refractivity contribution is 6.56. The number of allylic oxidation sites excluding steroid dienone is 1. The predicted octanol–water partition coefficient (Wildman–Crippen LogP) is 4.55.